The maximum absolute atomic E-state index is 8.97. The molecule has 0 bridgehead atoms. The summed E-state index contributed by atoms with van der Waals surface area (Å²) in [7, 11) is 0. The van der Waals surface area contributed by atoms with Gasteiger partial charge in [-0.15, -0.1) is 11.8 Å². The number of hydrogen-bond acceptors (Lipinski definition) is 3. The number of nitrogens with two attached hydrogens (primary N) is 1. The van der Waals surface area contributed by atoms with Gasteiger partial charge in [-0.2, -0.15) is 0 Å². The molecule has 1 atom stereocenters. The third-order valence-electron chi connectivity index (χ3n) is 3.18. The second kappa shape index (κ2) is 7.48. The zero-order valence-corrected chi connectivity index (χ0v) is 12.6. The monoisotopic (exact) mass is 287 g/mol. The van der Waals surface area contributed by atoms with Crippen LogP contribution in [0.25, 0.3) is 11.1 Å². The average molecular weight is 287 g/mol. The van der Waals surface area contributed by atoms with Crippen molar-refractivity contribution in [3.63, 3.8) is 0 Å². The van der Waals surface area contributed by atoms with E-state index in [1.165, 1.54) is 16.0 Å². The predicted octanol–water partition coefficient (Wildman–Crippen LogP) is 3.33. The Balaban J connectivity index is 2.09. The van der Waals surface area contributed by atoms with Crippen LogP contribution in [0.1, 0.15) is 12.5 Å². The molecule has 3 N–H and O–H groups in total. The minimum Gasteiger partial charge on any atom is -0.395 e. The van der Waals surface area contributed by atoms with Crippen molar-refractivity contribution in [2.75, 3.05) is 12.4 Å². The van der Waals surface area contributed by atoms with Crippen molar-refractivity contribution in [1.82, 2.24) is 0 Å². The van der Waals surface area contributed by atoms with Gasteiger partial charge in [0, 0.05) is 10.9 Å². The quantitative estimate of drug-likeness (QED) is 0.801. The molecule has 0 radical (unpaired) electrons. The summed E-state index contributed by atoms with van der Waals surface area (Å²) >= 11 is 1.85. The summed E-state index contributed by atoms with van der Waals surface area (Å²) < 4.78 is 0. The Hall–Kier alpha value is -1.29. The minimum atomic E-state index is -0.175. The summed E-state index contributed by atoms with van der Waals surface area (Å²) in [5, 5.41) is 8.97. The molecule has 0 heterocycles. The van der Waals surface area contributed by atoms with Gasteiger partial charge in [-0.3, -0.25) is 0 Å². The molecule has 20 heavy (non-hydrogen) atoms. The Labute approximate surface area is 125 Å². The summed E-state index contributed by atoms with van der Waals surface area (Å²) in [5.41, 5.74) is 9.34. The lowest BCUT2D eigenvalue weighted by atomic mass is 10.0. The summed E-state index contributed by atoms with van der Waals surface area (Å²) in [6, 6.07) is 16.9. The molecule has 0 saturated carbocycles. The summed E-state index contributed by atoms with van der Waals surface area (Å²) in [6.45, 7) is 2.19. The smallest absolute Gasteiger partial charge is 0.0585 e. The molecule has 0 aliphatic carbocycles. The number of aliphatic hydroxyl groups excluding tert-OH is 1. The van der Waals surface area contributed by atoms with Gasteiger partial charge >= 0.3 is 0 Å². The number of hydrogen-bond donors (Lipinski definition) is 2. The highest BCUT2D eigenvalue weighted by Gasteiger charge is 2.03. The Morgan fingerprint density at radius 1 is 1.00 bits per heavy atom. The Bertz CT molecular complexity index is 522. The van der Waals surface area contributed by atoms with Crippen LogP contribution < -0.4 is 5.73 Å². The summed E-state index contributed by atoms with van der Waals surface area (Å²) in [6.07, 6.45) is 0.711. The van der Waals surface area contributed by atoms with Crippen molar-refractivity contribution in [2.24, 2.45) is 5.73 Å². The minimum absolute atomic E-state index is 0.0261. The van der Waals surface area contributed by atoms with Crippen LogP contribution in [-0.4, -0.2) is 23.5 Å². The predicted molar refractivity (Wildman–Crippen MR) is 87.0 cm³/mol. The van der Waals surface area contributed by atoms with Crippen molar-refractivity contribution in [1.29, 1.82) is 0 Å². The SMILES string of the molecule is CCSc1ccc(-c2ccc(CC(N)CO)cc2)cc1. The number of aliphatic hydroxyl groups is 1. The van der Waals surface area contributed by atoms with Crippen molar-refractivity contribution in [3.8, 4) is 11.1 Å². The molecule has 1 unspecified atom stereocenters. The van der Waals surface area contributed by atoms with Gasteiger partial charge in [-0.1, -0.05) is 43.3 Å². The average Bonchev–Trinajstić information content (AvgIpc) is 2.49. The first kappa shape index (κ1) is 15.1. The van der Waals surface area contributed by atoms with Gasteiger partial charge in [0.15, 0.2) is 0 Å². The topological polar surface area (TPSA) is 46.2 Å². The number of benzene rings is 2. The van der Waals surface area contributed by atoms with E-state index in [1.807, 2.05) is 11.8 Å². The fourth-order valence-corrected chi connectivity index (χ4v) is 2.77. The molecule has 2 nitrogen and oxygen atoms in total. The molecule has 2 aromatic rings. The first-order valence-electron chi connectivity index (χ1n) is 6.91. The third kappa shape index (κ3) is 4.10. The largest absolute Gasteiger partial charge is 0.395 e. The van der Waals surface area contributed by atoms with Crippen LogP contribution in [0.2, 0.25) is 0 Å². The highest BCUT2D eigenvalue weighted by Crippen LogP contribution is 2.24. The highest BCUT2D eigenvalue weighted by atomic mass is 32.2. The van der Waals surface area contributed by atoms with Crippen LogP contribution in [-0.2, 0) is 6.42 Å². The van der Waals surface area contributed by atoms with Gasteiger partial charge in [0.05, 0.1) is 6.61 Å². The molecular weight excluding hydrogens is 266 g/mol. The van der Waals surface area contributed by atoms with Gasteiger partial charge < -0.3 is 10.8 Å². The van der Waals surface area contributed by atoms with E-state index in [1.54, 1.807) is 0 Å². The number of thioether (sulfide) groups is 1. The first-order valence-corrected chi connectivity index (χ1v) is 7.90. The van der Waals surface area contributed by atoms with Crippen LogP contribution in [0.5, 0.6) is 0 Å². The molecule has 2 rings (SSSR count). The first-order chi connectivity index (χ1) is 9.72. The molecule has 0 spiro atoms. The van der Waals surface area contributed by atoms with Gasteiger partial charge in [0.2, 0.25) is 0 Å². The molecule has 3 heteroatoms. The van der Waals surface area contributed by atoms with E-state index in [9.17, 15) is 0 Å². The normalized spacial score (nSPS) is 12.3. The maximum atomic E-state index is 8.97. The summed E-state index contributed by atoms with van der Waals surface area (Å²) in [5.74, 6) is 1.10. The fraction of sp³-hybridized carbons (Fsp3) is 0.294. The lowest BCUT2D eigenvalue weighted by Crippen LogP contribution is -2.26. The lowest BCUT2D eigenvalue weighted by molar-refractivity contribution is 0.265. The van der Waals surface area contributed by atoms with E-state index in [-0.39, 0.29) is 12.6 Å². The zero-order chi connectivity index (χ0) is 14.4. The van der Waals surface area contributed by atoms with Gasteiger partial charge in [0.25, 0.3) is 0 Å². The Kier molecular flexibility index (Phi) is 5.65. The third-order valence-corrected chi connectivity index (χ3v) is 4.08. The molecule has 0 fully saturated rings. The number of rotatable bonds is 6. The standard InChI is InChI=1S/C17H21NOS/c1-2-20-17-9-7-15(8-10-17)14-5-3-13(4-6-14)11-16(18)12-19/h3-10,16,19H,2,11-12,18H2,1H3. The lowest BCUT2D eigenvalue weighted by Gasteiger charge is -2.09. The van der Waals surface area contributed by atoms with E-state index >= 15 is 0 Å². The van der Waals surface area contributed by atoms with Gasteiger partial charge in [-0.25, -0.2) is 0 Å². The molecule has 0 amide bonds. The zero-order valence-electron chi connectivity index (χ0n) is 11.8. The molecule has 0 aliphatic rings. The van der Waals surface area contributed by atoms with E-state index < -0.39 is 0 Å². The highest BCUT2D eigenvalue weighted by molar-refractivity contribution is 7.99. The van der Waals surface area contributed by atoms with Crippen LogP contribution in [0.4, 0.5) is 0 Å². The van der Waals surface area contributed by atoms with Gasteiger partial charge in [0.1, 0.15) is 0 Å². The van der Waals surface area contributed by atoms with Gasteiger partial charge in [-0.05, 0) is 41.0 Å². The summed E-state index contributed by atoms with van der Waals surface area (Å²) in [4.78, 5) is 1.31. The van der Waals surface area contributed by atoms with E-state index in [2.05, 4.69) is 55.5 Å². The second-order valence-corrected chi connectivity index (χ2v) is 6.14. The van der Waals surface area contributed by atoms with E-state index in [0.29, 0.717) is 6.42 Å². The Morgan fingerprint density at radius 2 is 1.55 bits per heavy atom. The molecule has 0 saturated heterocycles. The molecular formula is C17H21NOS. The van der Waals surface area contributed by atoms with Crippen molar-refractivity contribution >= 4 is 11.8 Å². The maximum Gasteiger partial charge on any atom is 0.0585 e. The Morgan fingerprint density at radius 3 is 2.05 bits per heavy atom. The fourth-order valence-electron chi connectivity index (χ4n) is 2.11. The van der Waals surface area contributed by atoms with E-state index in [0.717, 1.165) is 11.3 Å². The molecule has 0 aromatic heterocycles. The second-order valence-electron chi connectivity index (χ2n) is 4.80. The van der Waals surface area contributed by atoms with Crippen molar-refractivity contribution < 1.29 is 5.11 Å². The van der Waals surface area contributed by atoms with Crippen molar-refractivity contribution in [3.05, 3.63) is 54.1 Å². The van der Waals surface area contributed by atoms with E-state index in [4.69, 9.17) is 10.8 Å². The van der Waals surface area contributed by atoms with Crippen LogP contribution in [0.3, 0.4) is 0 Å². The van der Waals surface area contributed by atoms with Crippen LogP contribution >= 0.6 is 11.8 Å². The molecule has 106 valence electrons. The molecule has 0 aliphatic heterocycles. The molecule has 2 aromatic carbocycles. The van der Waals surface area contributed by atoms with Crippen LogP contribution in [0.15, 0.2) is 53.4 Å². The van der Waals surface area contributed by atoms with Crippen LogP contribution in [0, 0.1) is 0 Å². The van der Waals surface area contributed by atoms with Crippen molar-refractivity contribution in [2.45, 2.75) is 24.3 Å².